The van der Waals surface area contributed by atoms with E-state index in [2.05, 4.69) is 28.1 Å². The third-order valence-corrected chi connectivity index (χ3v) is 3.96. The highest BCUT2D eigenvalue weighted by atomic mass is 32.1. The number of anilines is 2. The molecule has 1 aliphatic rings. The molecule has 1 aliphatic heterocycles. The van der Waals surface area contributed by atoms with Gasteiger partial charge in [-0.15, -0.1) is 0 Å². The standard InChI is InChI=1S/C12H15N3S/c13-12-14-11-9(5-4-6-10(11)16-12)15-7-2-1-3-8-15/h4-6H,1-3,7-8H2,(H2,13,14). The lowest BCUT2D eigenvalue weighted by molar-refractivity contribution is 0.579. The maximum absolute atomic E-state index is 5.78. The Morgan fingerprint density at radius 3 is 2.81 bits per heavy atom. The number of hydrogen-bond donors (Lipinski definition) is 1. The van der Waals surface area contributed by atoms with Crippen LogP contribution in [0.25, 0.3) is 10.2 Å². The van der Waals surface area contributed by atoms with Crippen molar-refractivity contribution in [1.29, 1.82) is 0 Å². The molecule has 0 radical (unpaired) electrons. The Labute approximate surface area is 98.9 Å². The molecule has 3 nitrogen and oxygen atoms in total. The summed E-state index contributed by atoms with van der Waals surface area (Å²) in [5, 5.41) is 0.666. The zero-order chi connectivity index (χ0) is 11.0. The van der Waals surface area contributed by atoms with E-state index in [9.17, 15) is 0 Å². The molecule has 2 heterocycles. The summed E-state index contributed by atoms with van der Waals surface area (Å²) in [4.78, 5) is 6.88. The van der Waals surface area contributed by atoms with Gasteiger partial charge in [0.25, 0.3) is 0 Å². The molecule has 1 aromatic heterocycles. The lowest BCUT2D eigenvalue weighted by Gasteiger charge is -2.28. The fraction of sp³-hybridized carbons (Fsp3) is 0.417. The van der Waals surface area contributed by atoms with Crippen molar-refractivity contribution in [3.8, 4) is 0 Å². The summed E-state index contributed by atoms with van der Waals surface area (Å²) in [5.74, 6) is 0. The molecule has 4 heteroatoms. The van der Waals surface area contributed by atoms with Crippen molar-refractivity contribution < 1.29 is 0 Å². The Morgan fingerprint density at radius 2 is 2.00 bits per heavy atom. The first-order valence-electron chi connectivity index (χ1n) is 5.74. The number of nitrogens with zero attached hydrogens (tertiary/aromatic N) is 2. The highest BCUT2D eigenvalue weighted by Gasteiger charge is 2.15. The Kier molecular flexibility index (Phi) is 2.44. The smallest absolute Gasteiger partial charge is 0.181 e. The lowest BCUT2D eigenvalue weighted by atomic mass is 10.1. The van der Waals surface area contributed by atoms with Gasteiger partial charge < -0.3 is 10.6 Å². The SMILES string of the molecule is Nc1nc2c(N3CCCCC3)cccc2s1. The lowest BCUT2D eigenvalue weighted by Crippen LogP contribution is -2.29. The van der Waals surface area contributed by atoms with E-state index in [4.69, 9.17) is 5.73 Å². The first kappa shape index (κ1) is 9.90. The van der Waals surface area contributed by atoms with Gasteiger partial charge in [0.15, 0.2) is 5.13 Å². The summed E-state index contributed by atoms with van der Waals surface area (Å²) in [6.07, 6.45) is 3.93. The minimum absolute atomic E-state index is 0.666. The molecule has 0 spiro atoms. The van der Waals surface area contributed by atoms with Crippen LogP contribution in [-0.4, -0.2) is 18.1 Å². The van der Waals surface area contributed by atoms with Crippen LogP contribution in [0.4, 0.5) is 10.8 Å². The van der Waals surface area contributed by atoms with Gasteiger partial charge in [0.05, 0.1) is 10.4 Å². The monoisotopic (exact) mass is 233 g/mol. The maximum Gasteiger partial charge on any atom is 0.181 e. The number of nitrogen functional groups attached to an aromatic ring is 1. The Balaban J connectivity index is 2.07. The second-order valence-corrected chi connectivity index (χ2v) is 5.29. The van der Waals surface area contributed by atoms with Gasteiger partial charge in [-0.1, -0.05) is 17.4 Å². The Bertz CT molecular complexity index is 500. The first-order valence-corrected chi connectivity index (χ1v) is 6.56. The van der Waals surface area contributed by atoms with Crippen molar-refractivity contribution in [3.63, 3.8) is 0 Å². The number of para-hydroxylation sites is 1. The number of fused-ring (bicyclic) bond motifs is 1. The first-order chi connectivity index (χ1) is 7.84. The predicted octanol–water partition coefficient (Wildman–Crippen LogP) is 2.87. The fourth-order valence-corrected chi connectivity index (χ4v) is 3.10. The molecule has 2 N–H and O–H groups in total. The zero-order valence-electron chi connectivity index (χ0n) is 9.15. The molecule has 1 fully saturated rings. The number of piperidine rings is 1. The number of benzene rings is 1. The van der Waals surface area contributed by atoms with Gasteiger partial charge in [0.2, 0.25) is 0 Å². The quantitative estimate of drug-likeness (QED) is 0.823. The van der Waals surface area contributed by atoms with Gasteiger partial charge in [0.1, 0.15) is 5.52 Å². The van der Waals surface area contributed by atoms with Crippen molar-refractivity contribution in [2.24, 2.45) is 0 Å². The fourth-order valence-electron chi connectivity index (χ4n) is 2.34. The minimum atomic E-state index is 0.666. The molecular weight excluding hydrogens is 218 g/mol. The van der Waals surface area contributed by atoms with E-state index in [0.717, 1.165) is 18.6 Å². The topological polar surface area (TPSA) is 42.1 Å². The molecular formula is C12H15N3S. The number of aromatic nitrogens is 1. The van der Waals surface area contributed by atoms with E-state index in [1.807, 2.05) is 0 Å². The van der Waals surface area contributed by atoms with Gasteiger partial charge >= 0.3 is 0 Å². The normalized spacial score (nSPS) is 16.9. The van der Waals surface area contributed by atoms with Crippen LogP contribution in [0.5, 0.6) is 0 Å². The third kappa shape index (κ3) is 1.63. The van der Waals surface area contributed by atoms with Crippen molar-refractivity contribution in [3.05, 3.63) is 18.2 Å². The van der Waals surface area contributed by atoms with Crippen LogP contribution in [0.15, 0.2) is 18.2 Å². The third-order valence-electron chi connectivity index (χ3n) is 3.11. The predicted molar refractivity (Wildman–Crippen MR) is 70.1 cm³/mol. The molecule has 16 heavy (non-hydrogen) atoms. The van der Waals surface area contributed by atoms with E-state index >= 15 is 0 Å². The molecule has 0 bridgehead atoms. The minimum Gasteiger partial charge on any atom is -0.375 e. The zero-order valence-corrected chi connectivity index (χ0v) is 9.96. The van der Waals surface area contributed by atoms with E-state index in [-0.39, 0.29) is 0 Å². The van der Waals surface area contributed by atoms with Gasteiger partial charge in [-0.25, -0.2) is 4.98 Å². The Morgan fingerprint density at radius 1 is 1.19 bits per heavy atom. The molecule has 0 unspecified atom stereocenters. The van der Waals surface area contributed by atoms with Crippen LogP contribution in [0.3, 0.4) is 0 Å². The number of thiazole rings is 1. The van der Waals surface area contributed by atoms with Crippen LogP contribution in [0.2, 0.25) is 0 Å². The van der Waals surface area contributed by atoms with Gasteiger partial charge in [-0.05, 0) is 31.4 Å². The van der Waals surface area contributed by atoms with Crippen LogP contribution in [0, 0.1) is 0 Å². The number of hydrogen-bond acceptors (Lipinski definition) is 4. The largest absolute Gasteiger partial charge is 0.375 e. The summed E-state index contributed by atoms with van der Waals surface area (Å²) < 4.78 is 1.19. The summed E-state index contributed by atoms with van der Waals surface area (Å²) in [7, 11) is 0. The van der Waals surface area contributed by atoms with Crippen LogP contribution in [-0.2, 0) is 0 Å². The van der Waals surface area contributed by atoms with Crippen LogP contribution < -0.4 is 10.6 Å². The second-order valence-electron chi connectivity index (χ2n) is 4.22. The highest BCUT2D eigenvalue weighted by Crippen LogP contribution is 2.32. The van der Waals surface area contributed by atoms with E-state index in [1.54, 1.807) is 11.3 Å². The summed E-state index contributed by atoms with van der Waals surface area (Å²) >= 11 is 1.57. The average Bonchev–Trinajstić information content (AvgIpc) is 2.70. The number of nitrogens with two attached hydrogens (primary N) is 1. The van der Waals surface area contributed by atoms with E-state index < -0.39 is 0 Å². The summed E-state index contributed by atoms with van der Waals surface area (Å²) in [5.41, 5.74) is 8.11. The van der Waals surface area contributed by atoms with Crippen LogP contribution in [0.1, 0.15) is 19.3 Å². The van der Waals surface area contributed by atoms with Crippen molar-refractivity contribution in [2.75, 3.05) is 23.7 Å². The van der Waals surface area contributed by atoms with E-state index in [1.165, 1.54) is 29.6 Å². The average molecular weight is 233 g/mol. The van der Waals surface area contributed by atoms with Crippen molar-refractivity contribution in [1.82, 2.24) is 4.98 Å². The summed E-state index contributed by atoms with van der Waals surface area (Å²) in [6.45, 7) is 2.30. The highest BCUT2D eigenvalue weighted by molar-refractivity contribution is 7.22. The number of rotatable bonds is 1. The summed E-state index contributed by atoms with van der Waals surface area (Å²) in [6, 6.07) is 6.35. The Hall–Kier alpha value is -1.29. The molecule has 2 aromatic rings. The second kappa shape index (κ2) is 3.94. The molecule has 0 atom stereocenters. The van der Waals surface area contributed by atoms with Gasteiger partial charge in [0, 0.05) is 13.1 Å². The molecule has 0 saturated carbocycles. The maximum atomic E-state index is 5.78. The van der Waals surface area contributed by atoms with Crippen molar-refractivity contribution >= 4 is 32.4 Å². The molecule has 3 rings (SSSR count). The molecule has 84 valence electrons. The molecule has 1 saturated heterocycles. The van der Waals surface area contributed by atoms with Gasteiger partial charge in [-0.3, -0.25) is 0 Å². The van der Waals surface area contributed by atoms with E-state index in [0.29, 0.717) is 5.13 Å². The molecule has 1 aromatic carbocycles. The molecule has 0 amide bonds. The molecule has 0 aliphatic carbocycles. The van der Waals surface area contributed by atoms with Crippen LogP contribution >= 0.6 is 11.3 Å². The van der Waals surface area contributed by atoms with Crippen molar-refractivity contribution in [2.45, 2.75) is 19.3 Å². The van der Waals surface area contributed by atoms with Gasteiger partial charge in [-0.2, -0.15) is 0 Å².